The molecule has 1 aromatic carbocycles. The predicted molar refractivity (Wildman–Crippen MR) is 82.9 cm³/mol. The molecule has 1 rings (SSSR count). The minimum Gasteiger partial charge on any atom is -0.548 e. The highest BCUT2D eigenvalue weighted by Crippen LogP contribution is 2.33. The van der Waals surface area contributed by atoms with Gasteiger partial charge in [-0.15, -0.1) is 0 Å². The van der Waals surface area contributed by atoms with E-state index in [0.29, 0.717) is 0 Å². The van der Waals surface area contributed by atoms with E-state index in [1.807, 2.05) is 6.07 Å². The molecule has 0 bridgehead atoms. The van der Waals surface area contributed by atoms with E-state index >= 15 is 0 Å². The molecule has 0 fully saturated rings. The molecule has 0 saturated carbocycles. The lowest BCUT2D eigenvalue weighted by Crippen LogP contribution is -2.49. The first-order chi connectivity index (χ1) is 9.28. The molecular weight excluding hydrogens is 462 g/mol. The number of halogens is 3. The van der Waals surface area contributed by atoms with Gasteiger partial charge in [-0.05, 0) is 12.0 Å². The number of benzene rings is 1. The van der Waals surface area contributed by atoms with Crippen LogP contribution in [0.3, 0.4) is 0 Å². The van der Waals surface area contributed by atoms with Crippen molar-refractivity contribution < 1.29 is 19.4 Å². The smallest absolute Gasteiger partial charge is 0.407 e. The molecule has 0 saturated heterocycles. The maximum atomic E-state index is 11.5. The van der Waals surface area contributed by atoms with Crippen molar-refractivity contribution in [3.63, 3.8) is 0 Å². The number of carbonyl (C=O) groups is 2. The first-order valence-corrected chi connectivity index (χ1v) is 7.90. The van der Waals surface area contributed by atoms with Crippen LogP contribution in [0.25, 0.3) is 0 Å². The maximum Gasteiger partial charge on any atom is 0.407 e. The molecule has 1 atom stereocenters. The lowest BCUT2D eigenvalue weighted by atomic mass is 10.1. The molecule has 110 valence electrons. The van der Waals surface area contributed by atoms with E-state index in [2.05, 4.69) is 53.1 Å². The van der Waals surface area contributed by atoms with Gasteiger partial charge < -0.3 is 20.0 Å². The van der Waals surface area contributed by atoms with Gasteiger partial charge in [-0.2, -0.15) is 0 Å². The fraction of sp³-hybridized carbons (Fsp3) is 0.333. The van der Waals surface area contributed by atoms with Gasteiger partial charge in [0, 0.05) is 0 Å². The third kappa shape index (κ3) is 7.25. The number of amides is 1. The topological polar surface area (TPSA) is 78.5 Å². The van der Waals surface area contributed by atoms with Gasteiger partial charge in [0.15, 0.2) is 2.14 Å². The van der Waals surface area contributed by atoms with Crippen LogP contribution in [-0.2, 0) is 16.0 Å². The Morgan fingerprint density at radius 2 is 1.85 bits per heavy atom. The quantitative estimate of drug-likeness (QED) is 0.664. The summed E-state index contributed by atoms with van der Waals surface area (Å²) in [6.45, 7) is -0.0378. The Morgan fingerprint density at radius 1 is 1.25 bits per heavy atom. The Kier molecular flexibility index (Phi) is 6.97. The minimum absolute atomic E-state index is 0.0378. The second kappa shape index (κ2) is 7.99. The lowest BCUT2D eigenvalue weighted by molar-refractivity contribution is -0.308. The van der Waals surface area contributed by atoms with E-state index in [-0.39, 0.29) is 13.0 Å². The number of rotatable bonds is 5. The van der Waals surface area contributed by atoms with Crippen LogP contribution in [-0.4, -0.2) is 26.9 Å². The van der Waals surface area contributed by atoms with Crippen molar-refractivity contribution in [1.82, 2.24) is 5.32 Å². The van der Waals surface area contributed by atoms with Gasteiger partial charge in [0.2, 0.25) is 0 Å². The number of carbonyl (C=O) groups excluding carboxylic acids is 2. The van der Waals surface area contributed by atoms with Gasteiger partial charge in [-0.1, -0.05) is 78.1 Å². The molecule has 0 aliphatic heterocycles. The number of ether oxygens (including phenoxy) is 1. The number of nitrogens with one attached hydrogen (secondary N) is 1. The minimum atomic E-state index is -1.37. The van der Waals surface area contributed by atoms with Crippen LogP contribution in [0.5, 0.6) is 0 Å². The average Bonchev–Trinajstić information content (AvgIpc) is 2.36. The van der Waals surface area contributed by atoms with E-state index in [4.69, 9.17) is 4.74 Å². The summed E-state index contributed by atoms with van der Waals surface area (Å²) in [5, 5.41) is 13.3. The van der Waals surface area contributed by atoms with Crippen molar-refractivity contribution in [3.8, 4) is 0 Å². The SMILES string of the molecule is O=C(N[C@H](Cc1ccccc1)C(=O)[O-])OCC(Br)(Br)Br. The molecule has 0 unspecified atom stereocenters. The van der Waals surface area contributed by atoms with E-state index in [1.54, 1.807) is 24.3 Å². The zero-order chi connectivity index (χ0) is 15.2. The van der Waals surface area contributed by atoms with Crippen LogP contribution in [0.2, 0.25) is 0 Å². The van der Waals surface area contributed by atoms with Gasteiger partial charge in [0.05, 0.1) is 12.0 Å². The highest BCUT2D eigenvalue weighted by Gasteiger charge is 2.22. The average molecular weight is 473 g/mol. The largest absolute Gasteiger partial charge is 0.548 e. The lowest BCUT2D eigenvalue weighted by Gasteiger charge is -2.20. The number of hydrogen-bond donors (Lipinski definition) is 1. The third-order valence-electron chi connectivity index (χ3n) is 2.23. The van der Waals surface area contributed by atoms with E-state index < -0.39 is 20.2 Å². The number of carboxylic acids is 1. The van der Waals surface area contributed by atoms with Gasteiger partial charge in [0.25, 0.3) is 0 Å². The van der Waals surface area contributed by atoms with Crippen molar-refractivity contribution in [2.45, 2.75) is 14.6 Å². The number of aliphatic carboxylic acids is 1. The summed E-state index contributed by atoms with van der Waals surface area (Å²) >= 11 is 9.47. The fourth-order valence-corrected chi connectivity index (χ4v) is 1.72. The summed E-state index contributed by atoms with van der Waals surface area (Å²) in [6, 6.07) is 7.78. The number of alkyl halides is 3. The summed E-state index contributed by atoms with van der Waals surface area (Å²) < 4.78 is 4.11. The predicted octanol–water partition coefficient (Wildman–Crippen LogP) is 1.91. The molecule has 1 N–H and O–H groups in total. The maximum absolute atomic E-state index is 11.5. The fourth-order valence-electron chi connectivity index (χ4n) is 1.37. The highest BCUT2D eigenvalue weighted by molar-refractivity contribution is 9.39. The van der Waals surface area contributed by atoms with Crippen LogP contribution in [0.4, 0.5) is 4.79 Å². The Bertz CT molecular complexity index is 462. The number of hydrogen-bond acceptors (Lipinski definition) is 4. The highest BCUT2D eigenvalue weighted by atomic mass is 80.0. The second-order valence-electron chi connectivity index (χ2n) is 3.90. The van der Waals surface area contributed by atoms with Crippen molar-refractivity contribution in [2.24, 2.45) is 0 Å². The number of alkyl carbamates (subject to hydrolysis) is 1. The van der Waals surface area contributed by atoms with Crippen LogP contribution < -0.4 is 10.4 Å². The van der Waals surface area contributed by atoms with Crippen molar-refractivity contribution >= 4 is 59.9 Å². The number of carboxylic acid groups (broad SMARTS) is 1. The van der Waals surface area contributed by atoms with E-state index in [1.165, 1.54) is 0 Å². The first-order valence-electron chi connectivity index (χ1n) is 5.53. The first kappa shape index (κ1) is 17.5. The molecule has 8 heteroatoms. The molecule has 5 nitrogen and oxygen atoms in total. The van der Waals surface area contributed by atoms with Crippen molar-refractivity contribution in [1.29, 1.82) is 0 Å². The molecule has 20 heavy (non-hydrogen) atoms. The summed E-state index contributed by atoms with van der Waals surface area (Å²) in [7, 11) is 0. The normalized spacial score (nSPS) is 12.6. The third-order valence-corrected chi connectivity index (χ3v) is 2.91. The van der Waals surface area contributed by atoms with Crippen LogP contribution >= 0.6 is 47.8 Å². The summed E-state index contributed by atoms with van der Waals surface area (Å²) in [4.78, 5) is 22.5. The summed E-state index contributed by atoms with van der Waals surface area (Å²) in [6.07, 6.45) is -0.710. The van der Waals surface area contributed by atoms with E-state index in [0.717, 1.165) is 5.56 Å². The monoisotopic (exact) mass is 470 g/mol. The van der Waals surface area contributed by atoms with Crippen LogP contribution in [0.15, 0.2) is 30.3 Å². The molecule has 0 radical (unpaired) electrons. The van der Waals surface area contributed by atoms with Crippen molar-refractivity contribution in [3.05, 3.63) is 35.9 Å². The van der Waals surface area contributed by atoms with Gasteiger partial charge >= 0.3 is 6.09 Å². The van der Waals surface area contributed by atoms with Crippen LogP contribution in [0, 0.1) is 0 Å². The van der Waals surface area contributed by atoms with Gasteiger partial charge in [-0.3, -0.25) is 0 Å². The molecular formula is C12H11Br3NO4-. The molecule has 1 amide bonds. The Morgan fingerprint density at radius 3 is 2.35 bits per heavy atom. The van der Waals surface area contributed by atoms with Gasteiger partial charge in [0.1, 0.15) is 6.61 Å². The zero-order valence-electron chi connectivity index (χ0n) is 10.1. The Balaban J connectivity index is 2.55. The zero-order valence-corrected chi connectivity index (χ0v) is 14.9. The molecule has 0 heterocycles. The molecule has 0 aliphatic rings. The molecule has 1 aromatic rings. The molecule has 0 aliphatic carbocycles. The van der Waals surface area contributed by atoms with Crippen molar-refractivity contribution in [2.75, 3.05) is 6.61 Å². The van der Waals surface area contributed by atoms with E-state index in [9.17, 15) is 14.7 Å². The van der Waals surface area contributed by atoms with Gasteiger partial charge in [-0.25, -0.2) is 4.79 Å². The Labute approximate surface area is 141 Å². The van der Waals surface area contributed by atoms with Crippen LogP contribution in [0.1, 0.15) is 5.56 Å². The molecule has 0 spiro atoms. The summed E-state index contributed by atoms with van der Waals surface area (Å²) in [5.41, 5.74) is 0.776. The molecule has 0 aromatic heterocycles. The second-order valence-corrected chi connectivity index (χ2v) is 11.2. The summed E-state index contributed by atoms with van der Waals surface area (Å²) in [5.74, 6) is -1.37. The standard InChI is InChI=1S/C12H12Br3NO4/c13-12(14,15)7-20-11(19)16-9(10(17)18)6-8-4-2-1-3-5-8/h1-5,9H,6-7H2,(H,16,19)(H,17,18)/p-1/t9-/m1/s1. The Hall–Kier alpha value is -0.600.